The molecule has 0 saturated heterocycles. The van der Waals surface area contributed by atoms with Crippen molar-refractivity contribution in [2.24, 2.45) is 0 Å². The molecule has 4 heteroatoms. The molecule has 0 aliphatic carbocycles. The molecule has 0 unspecified atom stereocenters. The highest BCUT2D eigenvalue weighted by Crippen LogP contribution is 2.24. The van der Waals surface area contributed by atoms with Crippen LogP contribution in [-0.4, -0.2) is 19.2 Å². The highest BCUT2D eigenvalue weighted by Gasteiger charge is 2.05. The van der Waals surface area contributed by atoms with Crippen molar-refractivity contribution in [2.45, 2.75) is 20.3 Å². The van der Waals surface area contributed by atoms with Crippen LogP contribution in [0, 0.1) is 0 Å². The summed E-state index contributed by atoms with van der Waals surface area (Å²) < 4.78 is 11.9. The van der Waals surface area contributed by atoms with Crippen LogP contribution in [0.4, 0.5) is 0 Å². The Morgan fingerprint density at radius 3 is 2.30 bits per heavy atom. The van der Waals surface area contributed by atoms with E-state index in [1.54, 1.807) is 6.92 Å². The molecule has 3 nitrogen and oxygen atoms in total. The fourth-order valence-corrected chi connectivity index (χ4v) is 3.34. The summed E-state index contributed by atoms with van der Waals surface area (Å²) in [7, 11) is 0. The average molecular weight is 465 g/mol. The Morgan fingerprint density at radius 2 is 1.63 bits per heavy atom. The molecule has 0 N–H and O–H groups in total. The lowest BCUT2D eigenvalue weighted by atomic mass is 10.0. The lowest BCUT2D eigenvalue weighted by Crippen LogP contribution is -2.07. The third-order valence-electron chi connectivity index (χ3n) is 4.71. The molecule has 3 rings (SSSR count). The van der Waals surface area contributed by atoms with Gasteiger partial charge in [-0.25, -0.2) is 0 Å². The first-order valence-electron chi connectivity index (χ1n) is 9.95. The Bertz CT molecular complexity index is 1010. The summed E-state index contributed by atoms with van der Waals surface area (Å²) in [4.78, 5) is 11.6. The number of rotatable bonds is 8. The summed E-state index contributed by atoms with van der Waals surface area (Å²) >= 11 is 3.47. The van der Waals surface area contributed by atoms with Gasteiger partial charge in [0.1, 0.15) is 12.4 Å². The van der Waals surface area contributed by atoms with Crippen molar-refractivity contribution in [1.29, 1.82) is 0 Å². The van der Waals surface area contributed by atoms with Gasteiger partial charge in [0.15, 0.2) is 0 Å². The van der Waals surface area contributed by atoms with Crippen molar-refractivity contribution in [1.82, 2.24) is 0 Å². The van der Waals surface area contributed by atoms with Crippen LogP contribution >= 0.6 is 15.9 Å². The molecule has 0 bridgehead atoms. The van der Waals surface area contributed by atoms with Gasteiger partial charge in [-0.3, -0.25) is 4.79 Å². The summed E-state index contributed by atoms with van der Waals surface area (Å²) in [6, 6.07) is 24.4. The number of carbonyl (C=O) groups is 1. The van der Waals surface area contributed by atoms with E-state index >= 15 is 0 Å². The van der Waals surface area contributed by atoms with Crippen LogP contribution in [0.2, 0.25) is 0 Å². The van der Waals surface area contributed by atoms with Crippen LogP contribution in [0.25, 0.3) is 16.7 Å². The molecule has 3 aromatic carbocycles. The van der Waals surface area contributed by atoms with E-state index in [0.717, 1.165) is 26.9 Å². The van der Waals surface area contributed by atoms with E-state index in [4.69, 9.17) is 9.47 Å². The highest BCUT2D eigenvalue weighted by atomic mass is 79.9. The van der Waals surface area contributed by atoms with Crippen LogP contribution in [0.15, 0.2) is 83.3 Å². The van der Waals surface area contributed by atoms with E-state index in [1.807, 2.05) is 36.4 Å². The maximum Gasteiger partial charge on any atom is 0.310 e. The summed E-state index contributed by atoms with van der Waals surface area (Å²) in [5.41, 5.74) is 5.58. The minimum atomic E-state index is -0.225. The van der Waals surface area contributed by atoms with Crippen molar-refractivity contribution < 1.29 is 14.3 Å². The molecule has 0 aliphatic heterocycles. The monoisotopic (exact) mass is 464 g/mol. The second kappa shape index (κ2) is 10.8. The number of hydrogen-bond donors (Lipinski definition) is 0. The minimum Gasteiger partial charge on any atom is -0.490 e. The SMILES string of the molecule is CCOC(=O)Cc1cccc(OCC=C(C)c2ccc(-c3ccc(Br)cc3)cc2)c1. The van der Waals surface area contributed by atoms with Crippen molar-refractivity contribution in [2.75, 3.05) is 13.2 Å². The van der Waals surface area contributed by atoms with Crippen LogP contribution in [0.3, 0.4) is 0 Å². The summed E-state index contributed by atoms with van der Waals surface area (Å²) in [5.74, 6) is 0.517. The number of carbonyl (C=O) groups excluding carboxylic acids is 1. The average Bonchev–Trinajstić information content (AvgIpc) is 2.75. The normalized spacial score (nSPS) is 11.2. The molecule has 0 amide bonds. The lowest BCUT2D eigenvalue weighted by Gasteiger charge is -2.08. The Morgan fingerprint density at radius 1 is 0.967 bits per heavy atom. The van der Waals surface area contributed by atoms with Gasteiger partial charge in [0, 0.05) is 4.47 Å². The molecule has 0 aromatic heterocycles. The van der Waals surface area contributed by atoms with Crippen LogP contribution in [0.5, 0.6) is 5.75 Å². The first-order chi connectivity index (χ1) is 14.5. The van der Waals surface area contributed by atoms with Crippen LogP contribution in [-0.2, 0) is 16.0 Å². The van der Waals surface area contributed by atoms with Gasteiger partial charge in [-0.1, -0.05) is 64.5 Å². The van der Waals surface area contributed by atoms with Crippen LogP contribution < -0.4 is 4.74 Å². The highest BCUT2D eigenvalue weighted by molar-refractivity contribution is 9.10. The molecule has 0 atom stereocenters. The number of allylic oxidation sites excluding steroid dienone is 1. The molecule has 30 heavy (non-hydrogen) atoms. The van der Waals surface area contributed by atoms with Gasteiger partial charge in [0.25, 0.3) is 0 Å². The maximum absolute atomic E-state index is 11.6. The van der Waals surface area contributed by atoms with E-state index < -0.39 is 0 Å². The van der Waals surface area contributed by atoms with Crippen LogP contribution in [0.1, 0.15) is 25.0 Å². The first kappa shape index (κ1) is 21.8. The molecule has 3 aromatic rings. The molecule has 0 heterocycles. The van der Waals surface area contributed by atoms with Gasteiger partial charge in [0.2, 0.25) is 0 Å². The zero-order chi connectivity index (χ0) is 21.3. The Labute approximate surface area is 186 Å². The second-order valence-electron chi connectivity index (χ2n) is 6.91. The Kier molecular flexibility index (Phi) is 7.86. The van der Waals surface area contributed by atoms with E-state index in [0.29, 0.717) is 13.2 Å². The molecule has 154 valence electrons. The largest absolute Gasteiger partial charge is 0.490 e. The van der Waals surface area contributed by atoms with E-state index in [-0.39, 0.29) is 12.4 Å². The van der Waals surface area contributed by atoms with E-state index in [2.05, 4.69) is 65.3 Å². The second-order valence-corrected chi connectivity index (χ2v) is 7.83. The van der Waals surface area contributed by atoms with E-state index in [9.17, 15) is 4.79 Å². The molecular formula is C26H25BrO3. The molecule has 0 fully saturated rings. The Hall–Kier alpha value is -2.85. The zero-order valence-corrected chi connectivity index (χ0v) is 18.8. The van der Waals surface area contributed by atoms with Gasteiger partial charge in [0.05, 0.1) is 13.0 Å². The van der Waals surface area contributed by atoms with Gasteiger partial charge >= 0.3 is 5.97 Å². The molecular weight excluding hydrogens is 440 g/mol. The fraction of sp³-hybridized carbons (Fsp3) is 0.192. The molecule has 0 saturated carbocycles. The maximum atomic E-state index is 11.6. The first-order valence-corrected chi connectivity index (χ1v) is 10.7. The van der Waals surface area contributed by atoms with Crippen molar-refractivity contribution in [3.63, 3.8) is 0 Å². The number of ether oxygens (including phenoxy) is 2. The number of halogens is 1. The van der Waals surface area contributed by atoms with Crippen molar-refractivity contribution in [3.05, 3.63) is 94.5 Å². The number of hydrogen-bond acceptors (Lipinski definition) is 3. The molecule has 0 radical (unpaired) electrons. The minimum absolute atomic E-state index is 0.225. The van der Waals surface area contributed by atoms with Gasteiger partial charge < -0.3 is 9.47 Å². The third kappa shape index (κ3) is 6.33. The topological polar surface area (TPSA) is 35.5 Å². The van der Waals surface area contributed by atoms with Gasteiger partial charge in [-0.05, 0) is 72.0 Å². The fourth-order valence-electron chi connectivity index (χ4n) is 3.07. The predicted molar refractivity (Wildman–Crippen MR) is 126 cm³/mol. The van der Waals surface area contributed by atoms with Gasteiger partial charge in [-0.15, -0.1) is 0 Å². The third-order valence-corrected chi connectivity index (χ3v) is 5.24. The molecule has 0 aliphatic rings. The van der Waals surface area contributed by atoms with Gasteiger partial charge in [-0.2, -0.15) is 0 Å². The van der Waals surface area contributed by atoms with E-state index in [1.165, 1.54) is 11.1 Å². The predicted octanol–water partition coefficient (Wildman–Crippen LogP) is 6.70. The summed E-state index contributed by atoms with van der Waals surface area (Å²) in [5, 5.41) is 0. The lowest BCUT2D eigenvalue weighted by molar-refractivity contribution is -0.142. The summed E-state index contributed by atoms with van der Waals surface area (Å²) in [6.07, 6.45) is 2.32. The smallest absolute Gasteiger partial charge is 0.310 e. The standard InChI is InChI=1S/C26H25BrO3/c1-3-29-26(28)18-20-5-4-6-25(17-20)30-16-15-19(2)21-7-9-22(10-8-21)23-11-13-24(27)14-12-23/h4-15,17H,3,16,18H2,1-2H3. The quantitative estimate of drug-likeness (QED) is 0.347. The summed E-state index contributed by atoms with van der Waals surface area (Å²) in [6.45, 7) is 4.74. The van der Waals surface area contributed by atoms with Crippen molar-refractivity contribution >= 4 is 27.5 Å². The number of benzene rings is 3. The molecule has 0 spiro atoms. The van der Waals surface area contributed by atoms with Crippen molar-refractivity contribution in [3.8, 4) is 16.9 Å². The number of esters is 1. The zero-order valence-electron chi connectivity index (χ0n) is 17.2. The Balaban J connectivity index is 1.59.